The van der Waals surface area contributed by atoms with E-state index in [2.05, 4.69) is 0 Å². The molecule has 0 heterocycles. The Morgan fingerprint density at radius 3 is 2.23 bits per heavy atom. The van der Waals surface area contributed by atoms with Crippen molar-refractivity contribution >= 4 is 0 Å². The number of aliphatic hydroxyl groups excluding tert-OH is 2. The zero-order chi connectivity index (χ0) is 10.1. The van der Waals surface area contributed by atoms with Gasteiger partial charge in [0.1, 0.15) is 0 Å². The van der Waals surface area contributed by atoms with Crippen molar-refractivity contribution in [3.8, 4) is 0 Å². The molecule has 0 fully saturated rings. The van der Waals surface area contributed by atoms with Crippen LogP contribution in [0.5, 0.6) is 0 Å². The third kappa shape index (κ3) is 9.80. The molecule has 1 unspecified atom stereocenters. The predicted octanol–water partition coefficient (Wildman–Crippen LogP) is 0.852. The molecule has 0 rings (SSSR count). The summed E-state index contributed by atoms with van der Waals surface area (Å²) in [5.41, 5.74) is 0. The summed E-state index contributed by atoms with van der Waals surface area (Å²) in [7, 11) is 3.93. The fourth-order valence-corrected chi connectivity index (χ4v) is 1.36. The molecular formula is C10H23NO2. The molecule has 1 atom stereocenters. The van der Waals surface area contributed by atoms with Gasteiger partial charge in [-0.15, -0.1) is 0 Å². The molecule has 0 aromatic carbocycles. The minimum Gasteiger partial charge on any atom is -0.396 e. The van der Waals surface area contributed by atoms with Crippen molar-refractivity contribution < 1.29 is 10.2 Å². The summed E-state index contributed by atoms with van der Waals surface area (Å²) in [5.74, 6) is 0. The monoisotopic (exact) mass is 189 g/mol. The lowest BCUT2D eigenvalue weighted by Gasteiger charge is -2.15. The average Bonchev–Trinajstić information content (AvgIpc) is 2.02. The van der Waals surface area contributed by atoms with Gasteiger partial charge in [0, 0.05) is 13.2 Å². The molecule has 0 saturated heterocycles. The van der Waals surface area contributed by atoms with Gasteiger partial charge < -0.3 is 15.1 Å². The fourth-order valence-electron chi connectivity index (χ4n) is 1.36. The van der Waals surface area contributed by atoms with Crippen LogP contribution in [0.25, 0.3) is 0 Å². The van der Waals surface area contributed by atoms with Gasteiger partial charge in [0.25, 0.3) is 0 Å². The van der Waals surface area contributed by atoms with E-state index in [1.54, 1.807) is 0 Å². The van der Waals surface area contributed by atoms with Gasteiger partial charge >= 0.3 is 0 Å². The number of hydrogen-bond acceptors (Lipinski definition) is 3. The topological polar surface area (TPSA) is 43.7 Å². The molecule has 2 N–H and O–H groups in total. The highest BCUT2D eigenvalue weighted by atomic mass is 16.3. The van der Waals surface area contributed by atoms with Crippen LogP contribution in [0.1, 0.15) is 32.1 Å². The van der Waals surface area contributed by atoms with E-state index in [1.807, 2.05) is 19.0 Å². The second-order valence-electron chi connectivity index (χ2n) is 3.84. The molecule has 0 radical (unpaired) electrons. The van der Waals surface area contributed by atoms with Crippen LogP contribution in [0.4, 0.5) is 0 Å². The third-order valence-corrected chi connectivity index (χ3v) is 2.02. The summed E-state index contributed by atoms with van der Waals surface area (Å²) in [4.78, 5) is 2.00. The summed E-state index contributed by atoms with van der Waals surface area (Å²) < 4.78 is 0. The summed E-state index contributed by atoms with van der Waals surface area (Å²) in [6, 6.07) is 0. The van der Waals surface area contributed by atoms with Crippen molar-refractivity contribution in [3.63, 3.8) is 0 Å². The molecule has 0 amide bonds. The molecule has 3 nitrogen and oxygen atoms in total. The van der Waals surface area contributed by atoms with E-state index in [9.17, 15) is 5.11 Å². The number of unbranched alkanes of at least 4 members (excludes halogenated alkanes) is 3. The van der Waals surface area contributed by atoms with Crippen LogP contribution in [-0.4, -0.2) is 48.5 Å². The van der Waals surface area contributed by atoms with E-state index in [4.69, 9.17) is 5.11 Å². The standard InChI is InChI=1S/C10H23NO2/c1-11(2)9-10(13)7-5-3-4-6-8-12/h10,12-13H,3-9H2,1-2H3. The zero-order valence-electron chi connectivity index (χ0n) is 8.87. The highest BCUT2D eigenvalue weighted by Gasteiger charge is 2.04. The summed E-state index contributed by atoms with van der Waals surface area (Å²) in [6.07, 6.45) is 4.84. The Kier molecular flexibility index (Phi) is 8.40. The molecular weight excluding hydrogens is 166 g/mol. The first-order valence-electron chi connectivity index (χ1n) is 5.10. The molecule has 0 bridgehead atoms. The Morgan fingerprint density at radius 1 is 1.08 bits per heavy atom. The van der Waals surface area contributed by atoms with Crippen LogP contribution < -0.4 is 0 Å². The predicted molar refractivity (Wildman–Crippen MR) is 54.7 cm³/mol. The minimum absolute atomic E-state index is 0.191. The van der Waals surface area contributed by atoms with E-state index < -0.39 is 0 Å². The summed E-state index contributed by atoms with van der Waals surface area (Å²) in [6.45, 7) is 1.04. The molecule has 3 heteroatoms. The Morgan fingerprint density at radius 2 is 1.69 bits per heavy atom. The highest BCUT2D eigenvalue weighted by Crippen LogP contribution is 2.05. The van der Waals surface area contributed by atoms with Crippen molar-refractivity contribution in [2.24, 2.45) is 0 Å². The fraction of sp³-hybridized carbons (Fsp3) is 1.00. The lowest BCUT2D eigenvalue weighted by Crippen LogP contribution is -2.25. The van der Waals surface area contributed by atoms with Gasteiger partial charge in [-0.25, -0.2) is 0 Å². The van der Waals surface area contributed by atoms with Crippen molar-refractivity contribution in [1.29, 1.82) is 0 Å². The molecule has 0 aliphatic carbocycles. The second kappa shape index (κ2) is 8.48. The maximum absolute atomic E-state index is 9.49. The molecule has 0 aliphatic rings. The van der Waals surface area contributed by atoms with Crippen molar-refractivity contribution in [2.75, 3.05) is 27.2 Å². The van der Waals surface area contributed by atoms with Crippen molar-refractivity contribution in [2.45, 2.75) is 38.2 Å². The van der Waals surface area contributed by atoms with Gasteiger partial charge in [0.2, 0.25) is 0 Å². The lowest BCUT2D eigenvalue weighted by molar-refractivity contribution is 0.125. The Hall–Kier alpha value is -0.120. The second-order valence-corrected chi connectivity index (χ2v) is 3.84. The first kappa shape index (κ1) is 12.9. The highest BCUT2D eigenvalue weighted by molar-refractivity contribution is 4.58. The SMILES string of the molecule is CN(C)CC(O)CCCCCCO. The number of hydrogen-bond donors (Lipinski definition) is 2. The van der Waals surface area contributed by atoms with Crippen LogP contribution in [0.3, 0.4) is 0 Å². The lowest BCUT2D eigenvalue weighted by atomic mass is 10.1. The number of nitrogens with zero attached hydrogens (tertiary/aromatic N) is 1. The van der Waals surface area contributed by atoms with E-state index in [0.29, 0.717) is 6.61 Å². The van der Waals surface area contributed by atoms with Gasteiger partial charge in [0.05, 0.1) is 6.10 Å². The maximum atomic E-state index is 9.49. The molecule has 13 heavy (non-hydrogen) atoms. The van der Waals surface area contributed by atoms with Gasteiger partial charge in [-0.3, -0.25) is 0 Å². The minimum atomic E-state index is -0.191. The third-order valence-electron chi connectivity index (χ3n) is 2.02. The van der Waals surface area contributed by atoms with Gasteiger partial charge in [-0.2, -0.15) is 0 Å². The van der Waals surface area contributed by atoms with Gasteiger partial charge in [0.15, 0.2) is 0 Å². The van der Waals surface area contributed by atoms with Crippen LogP contribution in [-0.2, 0) is 0 Å². The number of aliphatic hydroxyl groups is 2. The molecule has 0 aromatic rings. The summed E-state index contributed by atoms with van der Waals surface area (Å²) in [5, 5.41) is 18.0. The smallest absolute Gasteiger partial charge is 0.0666 e. The van der Waals surface area contributed by atoms with Crippen LogP contribution in [0, 0.1) is 0 Å². The summed E-state index contributed by atoms with van der Waals surface area (Å²) >= 11 is 0. The maximum Gasteiger partial charge on any atom is 0.0666 e. The first-order valence-corrected chi connectivity index (χ1v) is 5.10. The Labute approximate surface area is 81.4 Å². The first-order chi connectivity index (χ1) is 6.16. The van der Waals surface area contributed by atoms with E-state index in [0.717, 1.165) is 38.6 Å². The molecule has 80 valence electrons. The number of rotatable bonds is 8. The zero-order valence-corrected chi connectivity index (χ0v) is 8.87. The van der Waals surface area contributed by atoms with Gasteiger partial charge in [-0.05, 0) is 26.9 Å². The largest absolute Gasteiger partial charge is 0.396 e. The molecule has 0 aliphatic heterocycles. The molecule has 0 spiro atoms. The molecule has 0 aromatic heterocycles. The van der Waals surface area contributed by atoms with Crippen molar-refractivity contribution in [3.05, 3.63) is 0 Å². The van der Waals surface area contributed by atoms with E-state index in [-0.39, 0.29) is 6.10 Å². The van der Waals surface area contributed by atoms with Gasteiger partial charge in [-0.1, -0.05) is 19.3 Å². The Bertz CT molecular complexity index is 107. The van der Waals surface area contributed by atoms with Crippen LogP contribution >= 0.6 is 0 Å². The number of likely N-dealkylation sites (N-methyl/N-ethyl adjacent to an activating group) is 1. The normalized spacial score (nSPS) is 13.6. The molecule has 0 saturated carbocycles. The average molecular weight is 189 g/mol. The van der Waals surface area contributed by atoms with Crippen LogP contribution in [0.2, 0.25) is 0 Å². The Balaban J connectivity index is 3.12. The van der Waals surface area contributed by atoms with Crippen molar-refractivity contribution in [1.82, 2.24) is 4.90 Å². The van der Waals surface area contributed by atoms with Crippen LogP contribution in [0.15, 0.2) is 0 Å². The quantitative estimate of drug-likeness (QED) is 0.556. The van der Waals surface area contributed by atoms with E-state index in [1.165, 1.54) is 0 Å². The van der Waals surface area contributed by atoms with E-state index >= 15 is 0 Å².